The predicted octanol–water partition coefficient (Wildman–Crippen LogP) is 3.79. The van der Waals surface area contributed by atoms with Gasteiger partial charge in [-0.3, -0.25) is 19.2 Å². The molecule has 0 atom stereocenters. The van der Waals surface area contributed by atoms with Crippen LogP contribution in [0.1, 0.15) is 11.1 Å². The van der Waals surface area contributed by atoms with Crippen molar-refractivity contribution in [3.8, 4) is 22.9 Å². The molecule has 0 aliphatic carbocycles. The molecule has 0 bridgehead atoms. The van der Waals surface area contributed by atoms with Gasteiger partial charge in [-0.1, -0.05) is 0 Å². The monoisotopic (exact) mass is 648 g/mol. The number of anilines is 3. The van der Waals surface area contributed by atoms with Gasteiger partial charge in [0.05, 0.1) is 40.4 Å². The zero-order chi connectivity index (χ0) is 33.6. The summed E-state index contributed by atoms with van der Waals surface area (Å²) in [6.45, 7) is 4.41. The van der Waals surface area contributed by atoms with Crippen LogP contribution in [0.3, 0.4) is 0 Å². The summed E-state index contributed by atoms with van der Waals surface area (Å²) in [6.07, 6.45) is -1.26. The number of likely N-dealkylation sites (N-methyl/N-ethyl adjacent to an activating group) is 1. The predicted molar refractivity (Wildman–Crippen MR) is 172 cm³/mol. The number of alkyl halides is 3. The minimum Gasteiger partial charge on any atom is -0.492 e. The Labute approximate surface area is 269 Å². The fourth-order valence-electron chi connectivity index (χ4n) is 6.36. The first-order chi connectivity index (χ1) is 22.3. The van der Waals surface area contributed by atoms with Gasteiger partial charge in [0.15, 0.2) is 0 Å². The molecule has 0 radical (unpaired) electrons. The number of rotatable bonds is 6. The molecule has 246 valence electrons. The summed E-state index contributed by atoms with van der Waals surface area (Å²) in [6, 6.07) is 11.9. The van der Waals surface area contributed by atoms with E-state index in [2.05, 4.69) is 21.0 Å². The second-order valence-corrected chi connectivity index (χ2v) is 12.0. The molecule has 2 aliphatic rings. The van der Waals surface area contributed by atoms with Crippen LogP contribution in [0.15, 0.2) is 47.5 Å². The number of aromatic nitrogens is 3. The number of carbonyl (C=O) groups is 1. The average Bonchev–Trinajstić information content (AvgIpc) is 3.49. The molecule has 4 aromatic rings. The number of fused-ring (bicyclic) bond motifs is 2. The largest absolute Gasteiger partial charge is 0.492 e. The van der Waals surface area contributed by atoms with Crippen molar-refractivity contribution in [1.29, 1.82) is 5.26 Å². The van der Waals surface area contributed by atoms with E-state index in [0.717, 1.165) is 38.5 Å². The van der Waals surface area contributed by atoms with Crippen LogP contribution in [-0.4, -0.2) is 95.7 Å². The Morgan fingerprint density at radius 2 is 1.72 bits per heavy atom. The fraction of sp³-hybridized carbons (Fsp3) is 0.394. The number of carbonyl (C=O) groups excluding carboxylic acids is 1. The summed E-state index contributed by atoms with van der Waals surface area (Å²) >= 11 is 0. The van der Waals surface area contributed by atoms with Gasteiger partial charge in [0.2, 0.25) is 0 Å². The summed E-state index contributed by atoms with van der Waals surface area (Å²) < 4.78 is 48.0. The van der Waals surface area contributed by atoms with Crippen molar-refractivity contribution in [2.45, 2.75) is 13.1 Å². The number of pyridine rings is 1. The number of nitrogens with zero attached hydrogens (tertiary/aromatic N) is 8. The highest BCUT2D eigenvalue weighted by Gasteiger charge is 2.43. The standard InChI is InChI=1S/C33H35F3N8O3/c1-21-13-26-27(41(4)31(21)45)15-24(47-12-11-42-6-8-43(9-7-42)32(46)33(34,35)36)16-28(26)44-10-5-39(2)29-17-25(22(18-37)14-30(29)44)23-19-38-40(3)20-23/h13-17,19-20H,5-12H2,1-4H3. The van der Waals surface area contributed by atoms with E-state index in [1.54, 1.807) is 29.4 Å². The molecule has 2 aliphatic heterocycles. The molecule has 2 aromatic heterocycles. The molecule has 11 nitrogen and oxygen atoms in total. The van der Waals surface area contributed by atoms with Crippen molar-refractivity contribution in [2.24, 2.45) is 14.1 Å². The van der Waals surface area contributed by atoms with Crippen LogP contribution >= 0.6 is 0 Å². The Hall–Kier alpha value is -5.03. The third kappa shape index (κ3) is 6.10. The van der Waals surface area contributed by atoms with E-state index in [1.807, 2.05) is 55.5 Å². The topological polar surface area (TPSA) is 103 Å². The Kier molecular flexibility index (Phi) is 8.35. The van der Waals surface area contributed by atoms with Gasteiger partial charge in [-0.2, -0.15) is 23.5 Å². The van der Waals surface area contributed by atoms with Gasteiger partial charge in [-0.05, 0) is 25.1 Å². The number of amides is 1. The first-order valence-corrected chi connectivity index (χ1v) is 15.3. The lowest BCUT2D eigenvalue weighted by molar-refractivity contribution is -0.187. The van der Waals surface area contributed by atoms with Gasteiger partial charge in [0.1, 0.15) is 12.4 Å². The highest BCUT2D eigenvalue weighted by molar-refractivity contribution is 5.98. The summed E-state index contributed by atoms with van der Waals surface area (Å²) in [5, 5.41) is 15.3. The van der Waals surface area contributed by atoms with Crippen LogP contribution in [0.4, 0.5) is 30.2 Å². The van der Waals surface area contributed by atoms with Crippen LogP contribution < -0.4 is 20.1 Å². The number of benzene rings is 2. The quantitative estimate of drug-likeness (QED) is 0.311. The second-order valence-electron chi connectivity index (χ2n) is 12.0. The van der Waals surface area contributed by atoms with E-state index in [0.29, 0.717) is 55.1 Å². The zero-order valence-corrected chi connectivity index (χ0v) is 26.6. The van der Waals surface area contributed by atoms with Crippen LogP contribution in [0.5, 0.6) is 5.75 Å². The van der Waals surface area contributed by atoms with Crippen molar-refractivity contribution in [1.82, 2.24) is 24.1 Å². The Morgan fingerprint density at radius 3 is 2.38 bits per heavy atom. The maximum absolute atomic E-state index is 13.0. The SMILES string of the molecule is Cc1cc2c(N3CCN(C)c4cc(-c5cnn(C)c5)c(C#N)cc43)cc(OCCN3CCN(C(=O)C(F)(F)F)CC3)cc2n(C)c1=O. The van der Waals surface area contributed by atoms with Gasteiger partial charge < -0.3 is 24.0 Å². The summed E-state index contributed by atoms with van der Waals surface area (Å²) in [7, 11) is 5.57. The van der Waals surface area contributed by atoms with E-state index in [4.69, 9.17) is 4.74 Å². The molecule has 0 saturated carbocycles. The average molecular weight is 649 g/mol. The first-order valence-electron chi connectivity index (χ1n) is 15.3. The number of halogens is 3. The normalized spacial score (nSPS) is 15.6. The molecule has 14 heteroatoms. The second kappa shape index (κ2) is 12.3. The number of hydrogen-bond donors (Lipinski definition) is 0. The molecule has 4 heterocycles. The van der Waals surface area contributed by atoms with E-state index in [-0.39, 0.29) is 25.3 Å². The molecule has 0 spiro atoms. The molecule has 2 aromatic carbocycles. The molecule has 0 N–H and O–H groups in total. The van der Waals surface area contributed by atoms with Crippen molar-refractivity contribution in [3.63, 3.8) is 0 Å². The lowest BCUT2D eigenvalue weighted by Crippen LogP contribution is -2.52. The smallest absolute Gasteiger partial charge is 0.471 e. The Morgan fingerprint density at radius 1 is 0.979 bits per heavy atom. The number of piperazine rings is 1. The molecular formula is C33H35F3N8O3. The molecule has 6 rings (SSSR count). The fourth-order valence-corrected chi connectivity index (χ4v) is 6.36. The highest BCUT2D eigenvalue weighted by atomic mass is 19.4. The van der Waals surface area contributed by atoms with Crippen molar-refractivity contribution in [2.75, 3.05) is 69.3 Å². The lowest BCUT2D eigenvalue weighted by atomic mass is 9.98. The number of ether oxygens (including phenoxy) is 1. The van der Waals surface area contributed by atoms with Crippen molar-refractivity contribution < 1.29 is 22.7 Å². The molecule has 1 saturated heterocycles. The van der Waals surface area contributed by atoms with Gasteiger partial charge in [0, 0.05) is 107 Å². The van der Waals surface area contributed by atoms with Crippen molar-refractivity contribution in [3.05, 3.63) is 64.2 Å². The van der Waals surface area contributed by atoms with Crippen LogP contribution in [0.25, 0.3) is 22.0 Å². The lowest BCUT2D eigenvalue weighted by Gasteiger charge is -2.38. The first kappa shape index (κ1) is 31.9. The number of hydrogen-bond acceptors (Lipinski definition) is 8. The summed E-state index contributed by atoms with van der Waals surface area (Å²) in [5.41, 5.74) is 5.90. The minimum atomic E-state index is -4.88. The van der Waals surface area contributed by atoms with Crippen LogP contribution in [0, 0.1) is 18.3 Å². The third-order valence-corrected chi connectivity index (χ3v) is 8.96. The summed E-state index contributed by atoms with van der Waals surface area (Å²) in [5.74, 6) is -1.27. The highest BCUT2D eigenvalue weighted by Crippen LogP contribution is 2.44. The zero-order valence-electron chi connectivity index (χ0n) is 26.6. The van der Waals surface area contributed by atoms with E-state index in [1.165, 1.54) is 0 Å². The summed E-state index contributed by atoms with van der Waals surface area (Å²) in [4.78, 5) is 31.7. The molecule has 1 fully saturated rings. The molecular weight excluding hydrogens is 613 g/mol. The van der Waals surface area contributed by atoms with Crippen LogP contribution in [0.2, 0.25) is 0 Å². The van der Waals surface area contributed by atoms with E-state index >= 15 is 0 Å². The number of aryl methyl sites for hydroxylation is 3. The molecule has 47 heavy (non-hydrogen) atoms. The van der Waals surface area contributed by atoms with Gasteiger partial charge in [-0.25, -0.2) is 0 Å². The molecule has 0 unspecified atom stereocenters. The Balaban J connectivity index is 1.32. The van der Waals surface area contributed by atoms with Crippen LogP contribution in [-0.2, 0) is 18.9 Å². The van der Waals surface area contributed by atoms with Gasteiger partial charge in [0.25, 0.3) is 5.56 Å². The third-order valence-electron chi connectivity index (χ3n) is 8.96. The maximum Gasteiger partial charge on any atom is 0.471 e. The number of nitriles is 1. The Bertz CT molecular complexity index is 1950. The van der Waals surface area contributed by atoms with Gasteiger partial charge in [-0.15, -0.1) is 0 Å². The van der Waals surface area contributed by atoms with Crippen molar-refractivity contribution >= 4 is 33.9 Å². The van der Waals surface area contributed by atoms with Gasteiger partial charge >= 0.3 is 12.1 Å². The van der Waals surface area contributed by atoms with E-state index in [9.17, 15) is 28.0 Å². The minimum absolute atomic E-state index is 0.00404. The molecule has 1 amide bonds. The maximum atomic E-state index is 13.0. The van der Waals surface area contributed by atoms with E-state index < -0.39 is 12.1 Å².